The molecule has 0 unspecified atom stereocenters. The molecular weight excluding hydrogens is 372 g/mol. The van der Waals surface area contributed by atoms with E-state index in [4.69, 9.17) is 9.15 Å². The van der Waals surface area contributed by atoms with Gasteiger partial charge in [0.2, 0.25) is 5.91 Å². The molecule has 2 aliphatic heterocycles. The van der Waals surface area contributed by atoms with Crippen molar-refractivity contribution in [3.63, 3.8) is 0 Å². The average molecular weight is 398 g/mol. The van der Waals surface area contributed by atoms with Crippen molar-refractivity contribution in [2.75, 3.05) is 36.5 Å². The van der Waals surface area contributed by atoms with Crippen LogP contribution >= 0.6 is 0 Å². The van der Waals surface area contributed by atoms with E-state index in [1.165, 1.54) is 6.26 Å². The van der Waals surface area contributed by atoms with Crippen molar-refractivity contribution in [3.8, 4) is 0 Å². The van der Waals surface area contributed by atoms with Gasteiger partial charge in [0.1, 0.15) is 0 Å². The van der Waals surface area contributed by atoms with Gasteiger partial charge in [0, 0.05) is 39.6 Å². The fourth-order valence-electron chi connectivity index (χ4n) is 4.15. The predicted octanol–water partition coefficient (Wildman–Crippen LogP) is 1.89. The van der Waals surface area contributed by atoms with Crippen LogP contribution in [0.4, 0.5) is 11.4 Å². The third kappa shape index (κ3) is 3.66. The maximum atomic E-state index is 13.1. The van der Waals surface area contributed by atoms with E-state index >= 15 is 0 Å². The van der Waals surface area contributed by atoms with Crippen LogP contribution in [0.3, 0.4) is 0 Å². The van der Waals surface area contributed by atoms with Crippen molar-refractivity contribution in [1.82, 2.24) is 10.6 Å². The van der Waals surface area contributed by atoms with Gasteiger partial charge < -0.3 is 19.0 Å². The molecule has 1 aromatic heterocycles. The highest BCUT2D eigenvalue weighted by atomic mass is 16.5. The van der Waals surface area contributed by atoms with Gasteiger partial charge in [-0.3, -0.25) is 20.2 Å². The number of fused-ring (bicyclic) bond motifs is 1. The molecule has 8 nitrogen and oxygen atoms in total. The number of carbonyl (C=O) groups excluding carboxylic acids is 2. The molecule has 1 aromatic carbocycles. The molecule has 1 atom stereocenters. The Bertz CT molecular complexity index is 890. The molecule has 4 rings (SSSR count). The number of methoxy groups -OCH3 is 1. The molecule has 29 heavy (non-hydrogen) atoms. The maximum Gasteiger partial charge on any atom is 0.294 e. The number of hydrogen-bond acceptors (Lipinski definition) is 6. The number of amides is 2. The van der Waals surface area contributed by atoms with Crippen molar-refractivity contribution >= 4 is 23.2 Å². The van der Waals surface area contributed by atoms with Gasteiger partial charge in [0.15, 0.2) is 12.1 Å². The van der Waals surface area contributed by atoms with Crippen LogP contribution in [0.5, 0.6) is 0 Å². The van der Waals surface area contributed by atoms with Gasteiger partial charge in [-0.15, -0.1) is 0 Å². The van der Waals surface area contributed by atoms with Crippen LogP contribution in [0.15, 0.2) is 41.0 Å². The Kier molecular flexibility index (Phi) is 5.40. The van der Waals surface area contributed by atoms with Crippen LogP contribution in [-0.2, 0) is 9.53 Å². The number of ether oxygens (including phenoxy) is 1. The van der Waals surface area contributed by atoms with E-state index in [-0.39, 0.29) is 35.9 Å². The largest absolute Gasteiger partial charge is 0.459 e. The zero-order chi connectivity index (χ0) is 20.5. The highest BCUT2D eigenvalue weighted by Crippen LogP contribution is 2.38. The number of carbonyl (C=O) groups is 2. The summed E-state index contributed by atoms with van der Waals surface area (Å²) in [6, 6.07) is 9.21. The Hall–Kier alpha value is -2.68. The molecule has 2 N–H and O–H groups in total. The Morgan fingerprint density at radius 3 is 2.55 bits per heavy atom. The van der Waals surface area contributed by atoms with Gasteiger partial charge in [-0.1, -0.05) is 6.07 Å². The lowest BCUT2D eigenvalue weighted by molar-refractivity contribution is -0.117. The lowest BCUT2D eigenvalue weighted by atomic mass is 9.95. The van der Waals surface area contributed by atoms with Crippen molar-refractivity contribution in [2.45, 2.75) is 32.2 Å². The first-order valence-corrected chi connectivity index (χ1v) is 9.78. The number of nitrogens with one attached hydrogen (secondary N) is 2. The normalized spacial score (nSPS) is 24.3. The molecule has 2 aromatic rings. The summed E-state index contributed by atoms with van der Waals surface area (Å²) >= 11 is 0. The van der Waals surface area contributed by atoms with Gasteiger partial charge in [-0.2, -0.15) is 0 Å². The number of hydrogen-bond donors (Lipinski definition) is 2. The highest BCUT2D eigenvalue weighted by molar-refractivity contribution is 6.09. The molecule has 0 saturated carbocycles. The van der Waals surface area contributed by atoms with Gasteiger partial charge in [0.25, 0.3) is 5.91 Å². The molecule has 0 bridgehead atoms. The Labute approximate surface area is 169 Å². The molecule has 0 aliphatic carbocycles. The van der Waals surface area contributed by atoms with E-state index in [2.05, 4.69) is 10.6 Å². The lowest BCUT2D eigenvalue weighted by Gasteiger charge is -2.41. The quantitative estimate of drug-likeness (QED) is 0.821. The molecule has 2 amide bonds. The van der Waals surface area contributed by atoms with Crippen molar-refractivity contribution < 1.29 is 18.7 Å². The summed E-state index contributed by atoms with van der Waals surface area (Å²) in [5.74, 6) is 0.259. The highest BCUT2D eigenvalue weighted by Gasteiger charge is 2.35. The van der Waals surface area contributed by atoms with Crippen molar-refractivity contribution in [2.24, 2.45) is 0 Å². The van der Waals surface area contributed by atoms with Crippen LogP contribution in [0.25, 0.3) is 0 Å². The fourth-order valence-corrected chi connectivity index (χ4v) is 4.15. The number of benzene rings is 1. The minimum atomic E-state index is -0.206. The minimum absolute atomic E-state index is 0.0412. The Morgan fingerprint density at radius 1 is 1.17 bits per heavy atom. The molecule has 0 spiro atoms. The first-order valence-electron chi connectivity index (χ1n) is 9.78. The van der Waals surface area contributed by atoms with E-state index in [0.29, 0.717) is 6.54 Å². The first-order chi connectivity index (χ1) is 14.0. The summed E-state index contributed by atoms with van der Waals surface area (Å²) in [5.41, 5.74) is 2.56. The van der Waals surface area contributed by atoms with Crippen LogP contribution in [0.2, 0.25) is 0 Å². The Morgan fingerprint density at radius 2 is 1.93 bits per heavy atom. The van der Waals surface area contributed by atoms with Crippen LogP contribution in [0.1, 0.15) is 35.9 Å². The zero-order valence-electron chi connectivity index (χ0n) is 16.8. The van der Waals surface area contributed by atoms with Gasteiger partial charge in [-0.25, -0.2) is 0 Å². The monoisotopic (exact) mass is 398 g/mol. The van der Waals surface area contributed by atoms with Gasteiger partial charge in [-0.05, 0) is 36.8 Å². The standard InChI is InChI=1S/C21H26N4O4/c1-13-12-24(20(27)19-5-4-8-29-19)18-9-15(6-7-17(18)25(13)14(2)26)16-10-22-21(28-3)23-11-16/h4-9,13,16,21-23H,10-12H2,1-3H3/t13-,16?,21?/m0/s1. The molecule has 8 heteroatoms. The smallest absolute Gasteiger partial charge is 0.294 e. The van der Waals surface area contributed by atoms with Crippen molar-refractivity contribution in [1.29, 1.82) is 0 Å². The molecule has 1 saturated heterocycles. The molecule has 1 fully saturated rings. The van der Waals surface area contributed by atoms with Crippen LogP contribution < -0.4 is 20.4 Å². The maximum absolute atomic E-state index is 13.1. The second kappa shape index (κ2) is 7.98. The van der Waals surface area contributed by atoms with Crippen molar-refractivity contribution in [3.05, 3.63) is 47.9 Å². The number of anilines is 2. The number of nitrogens with zero attached hydrogens (tertiary/aromatic N) is 2. The Balaban J connectivity index is 1.71. The number of furan rings is 1. The molecule has 2 aliphatic rings. The van der Waals surface area contributed by atoms with E-state index in [1.807, 2.05) is 25.1 Å². The average Bonchev–Trinajstić information content (AvgIpc) is 3.27. The summed E-state index contributed by atoms with van der Waals surface area (Å²) in [6.45, 7) is 5.41. The SMILES string of the molecule is COC1NCC(c2ccc3c(c2)N(C(=O)c2ccco2)C[C@H](C)N3C(C)=O)CN1. The summed E-state index contributed by atoms with van der Waals surface area (Å²) in [4.78, 5) is 28.9. The third-order valence-electron chi connectivity index (χ3n) is 5.56. The molecular formula is C21H26N4O4. The van der Waals surface area contributed by atoms with Crippen LogP contribution in [-0.4, -0.2) is 51.0 Å². The second-order valence-corrected chi connectivity index (χ2v) is 7.51. The first kappa shape index (κ1) is 19.6. The second-order valence-electron chi connectivity index (χ2n) is 7.51. The summed E-state index contributed by atoms with van der Waals surface area (Å²) < 4.78 is 10.6. The van der Waals surface area contributed by atoms with E-state index < -0.39 is 0 Å². The minimum Gasteiger partial charge on any atom is -0.459 e. The van der Waals surface area contributed by atoms with Gasteiger partial charge >= 0.3 is 0 Å². The molecule has 0 radical (unpaired) electrons. The summed E-state index contributed by atoms with van der Waals surface area (Å²) in [6.07, 6.45) is 1.33. The third-order valence-corrected chi connectivity index (χ3v) is 5.56. The summed E-state index contributed by atoms with van der Waals surface area (Å²) in [5, 5.41) is 6.59. The summed E-state index contributed by atoms with van der Waals surface area (Å²) in [7, 11) is 1.65. The zero-order valence-corrected chi connectivity index (χ0v) is 16.8. The van der Waals surface area contributed by atoms with E-state index in [9.17, 15) is 9.59 Å². The van der Waals surface area contributed by atoms with E-state index in [1.54, 1.807) is 36.0 Å². The fraction of sp³-hybridized carbons (Fsp3) is 0.429. The van der Waals surface area contributed by atoms with Crippen LogP contribution in [0, 0.1) is 0 Å². The lowest BCUT2D eigenvalue weighted by Crippen LogP contribution is -2.53. The molecule has 3 heterocycles. The molecule has 154 valence electrons. The topological polar surface area (TPSA) is 87.1 Å². The number of rotatable bonds is 3. The predicted molar refractivity (Wildman–Crippen MR) is 109 cm³/mol. The van der Waals surface area contributed by atoms with Gasteiger partial charge in [0.05, 0.1) is 23.7 Å². The van der Waals surface area contributed by atoms with E-state index in [0.717, 1.165) is 30.0 Å².